The molecule has 2 amide bonds. The molecule has 8 heteroatoms. The van der Waals surface area contributed by atoms with Gasteiger partial charge in [-0.05, 0) is 47.9 Å². The van der Waals surface area contributed by atoms with Gasteiger partial charge in [0.25, 0.3) is 0 Å². The van der Waals surface area contributed by atoms with Crippen molar-refractivity contribution >= 4 is 11.7 Å². The fourth-order valence-corrected chi connectivity index (χ4v) is 2.88. The predicted octanol–water partition coefficient (Wildman–Crippen LogP) is 4.34. The molecular formula is C23H22N6O2. The van der Waals surface area contributed by atoms with Gasteiger partial charge in [-0.3, -0.25) is 0 Å². The minimum atomic E-state index is -0.331. The van der Waals surface area contributed by atoms with Crippen molar-refractivity contribution in [1.82, 2.24) is 25.1 Å². The van der Waals surface area contributed by atoms with Crippen LogP contribution in [0.15, 0.2) is 79.4 Å². The Kier molecular flexibility index (Phi) is 6.18. The zero-order chi connectivity index (χ0) is 21.5. The molecule has 0 radical (unpaired) electrons. The molecule has 0 aliphatic rings. The van der Waals surface area contributed by atoms with Crippen LogP contribution in [0.1, 0.15) is 18.1 Å². The number of anilines is 1. The highest BCUT2D eigenvalue weighted by molar-refractivity contribution is 5.88. The molecule has 2 N–H and O–H groups in total. The number of rotatable bonds is 7. The van der Waals surface area contributed by atoms with Gasteiger partial charge in [0, 0.05) is 31.2 Å². The van der Waals surface area contributed by atoms with Crippen molar-refractivity contribution in [2.75, 3.05) is 5.32 Å². The smallest absolute Gasteiger partial charge is 0.319 e. The topological polar surface area (TPSA) is 94.0 Å². The van der Waals surface area contributed by atoms with E-state index in [0.29, 0.717) is 23.9 Å². The third kappa shape index (κ3) is 5.45. The van der Waals surface area contributed by atoms with Crippen molar-refractivity contribution in [1.29, 1.82) is 0 Å². The van der Waals surface area contributed by atoms with Crippen molar-refractivity contribution in [2.45, 2.75) is 19.9 Å². The summed E-state index contributed by atoms with van der Waals surface area (Å²) < 4.78 is 7.44. The Hall–Kier alpha value is -4.20. The third-order valence-electron chi connectivity index (χ3n) is 4.52. The van der Waals surface area contributed by atoms with Gasteiger partial charge < -0.3 is 15.4 Å². The van der Waals surface area contributed by atoms with E-state index in [1.807, 2.05) is 42.6 Å². The molecule has 0 saturated heterocycles. The molecule has 4 aromatic rings. The second kappa shape index (κ2) is 9.53. The molecule has 1 aromatic carbocycles. The van der Waals surface area contributed by atoms with Crippen LogP contribution in [-0.2, 0) is 13.0 Å². The van der Waals surface area contributed by atoms with Crippen LogP contribution in [0.3, 0.4) is 0 Å². The number of nitrogens with zero attached hydrogens (tertiary/aromatic N) is 4. The number of pyridine rings is 2. The van der Waals surface area contributed by atoms with Gasteiger partial charge >= 0.3 is 6.03 Å². The second-order valence-corrected chi connectivity index (χ2v) is 6.77. The molecule has 8 nitrogen and oxygen atoms in total. The van der Waals surface area contributed by atoms with Gasteiger partial charge in [-0.2, -0.15) is 5.10 Å². The van der Waals surface area contributed by atoms with Gasteiger partial charge in [0.15, 0.2) is 5.82 Å². The van der Waals surface area contributed by atoms with Crippen LogP contribution < -0.4 is 15.4 Å². The summed E-state index contributed by atoms with van der Waals surface area (Å²) in [6.45, 7) is 2.44. The number of ether oxygens (including phenoxy) is 1. The Balaban J connectivity index is 1.27. The van der Waals surface area contributed by atoms with Gasteiger partial charge in [0.1, 0.15) is 5.75 Å². The van der Waals surface area contributed by atoms with Gasteiger partial charge in [-0.1, -0.05) is 25.1 Å². The average molecular weight is 414 g/mol. The first-order valence-corrected chi connectivity index (χ1v) is 9.92. The van der Waals surface area contributed by atoms with Crippen LogP contribution in [-0.4, -0.2) is 25.8 Å². The Labute approximate surface area is 179 Å². The fraction of sp³-hybridized carbons (Fsp3) is 0.130. The van der Waals surface area contributed by atoms with E-state index in [4.69, 9.17) is 4.74 Å². The Morgan fingerprint density at radius 1 is 1.03 bits per heavy atom. The van der Waals surface area contributed by atoms with Crippen molar-refractivity contribution in [3.63, 3.8) is 0 Å². The van der Waals surface area contributed by atoms with Crippen molar-refractivity contribution in [3.05, 3.63) is 90.5 Å². The van der Waals surface area contributed by atoms with Crippen LogP contribution in [0, 0.1) is 0 Å². The van der Waals surface area contributed by atoms with Crippen LogP contribution in [0.2, 0.25) is 0 Å². The number of benzene rings is 1. The van der Waals surface area contributed by atoms with Gasteiger partial charge in [0.2, 0.25) is 5.88 Å². The van der Waals surface area contributed by atoms with Crippen molar-refractivity contribution in [3.8, 4) is 17.4 Å². The van der Waals surface area contributed by atoms with Crippen LogP contribution in [0.4, 0.5) is 10.5 Å². The highest BCUT2D eigenvalue weighted by Crippen LogP contribution is 2.21. The van der Waals surface area contributed by atoms with Gasteiger partial charge in [-0.25, -0.2) is 19.4 Å². The molecular weight excluding hydrogens is 392 g/mol. The molecule has 0 aliphatic heterocycles. The normalized spacial score (nSPS) is 10.5. The maximum atomic E-state index is 12.2. The summed E-state index contributed by atoms with van der Waals surface area (Å²) >= 11 is 0. The maximum Gasteiger partial charge on any atom is 0.319 e. The van der Waals surface area contributed by atoms with E-state index in [1.165, 1.54) is 5.56 Å². The number of carbonyl (C=O) groups excluding carboxylic acids is 1. The number of hydrogen-bond donors (Lipinski definition) is 2. The van der Waals surface area contributed by atoms with E-state index in [1.54, 1.807) is 35.4 Å². The minimum Gasteiger partial charge on any atom is -0.439 e. The number of aryl methyl sites for hydroxylation is 1. The summed E-state index contributed by atoms with van der Waals surface area (Å²) in [7, 11) is 0. The number of hydrogen-bond acceptors (Lipinski definition) is 5. The Morgan fingerprint density at radius 3 is 2.68 bits per heavy atom. The number of nitrogens with one attached hydrogen (secondary N) is 2. The van der Waals surface area contributed by atoms with E-state index in [0.717, 1.165) is 17.7 Å². The largest absolute Gasteiger partial charge is 0.439 e. The highest BCUT2D eigenvalue weighted by Gasteiger charge is 2.05. The molecule has 31 heavy (non-hydrogen) atoms. The van der Waals surface area contributed by atoms with Crippen molar-refractivity contribution in [2.24, 2.45) is 0 Å². The number of aromatic nitrogens is 4. The predicted molar refractivity (Wildman–Crippen MR) is 117 cm³/mol. The molecule has 0 unspecified atom stereocenters. The first-order chi connectivity index (χ1) is 15.2. The molecule has 156 valence electrons. The molecule has 0 aliphatic carbocycles. The minimum absolute atomic E-state index is 0.331. The van der Waals surface area contributed by atoms with Gasteiger partial charge in [0.05, 0.1) is 11.9 Å². The number of carbonyl (C=O) groups is 1. The Morgan fingerprint density at radius 2 is 1.97 bits per heavy atom. The molecule has 0 fully saturated rings. The fourth-order valence-electron chi connectivity index (χ4n) is 2.88. The van der Waals surface area contributed by atoms with Gasteiger partial charge in [-0.15, -0.1) is 0 Å². The summed E-state index contributed by atoms with van der Waals surface area (Å²) in [4.78, 5) is 20.8. The van der Waals surface area contributed by atoms with Crippen LogP contribution in [0.25, 0.3) is 5.82 Å². The molecule has 0 saturated carbocycles. The third-order valence-corrected chi connectivity index (χ3v) is 4.52. The lowest BCUT2D eigenvalue weighted by Crippen LogP contribution is -2.28. The maximum absolute atomic E-state index is 12.2. The summed E-state index contributed by atoms with van der Waals surface area (Å²) in [6, 6.07) is 16.6. The van der Waals surface area contributed by atoms with E-state index < -0.39 is 0 Å². The first-order valence-electron chi connectivity index (χ1n) is 9.92. The summed E-state index contributed by atoms with van der Waals surface area (Å²) in [5.41, 5.74) is 2.64. The number of urea groups is 1. The van der Waals surface area contributed by atoms with E-state index in [9.17, 15) is 4.79 Å². The lowest BCUT2D eigenvalue weighted by atomic mass is 10.2. The highest BCUT2D eigenvalue weighted by atomic mass is 16.5. The van der Waals surface area contributed by atoms with Crippen molar-refractivity contribution < 1.29 is 9.53 Å². The quantitative estimate of drug-likeness (QED) is 0.469. The number of amides is 2. The standard InChI is InChI=1S/C23H22N6O2/c1-2-17-5-3-6-20(13-17)31-22-10-8-19(16-25-22)28-23(30)26-15-18-7-9-21(24-14-18)29-12-4-11-27-29/h3-14,16H,2,15H2,1H3,(H2,26,28,30). The first kappa shape index (κ1) is 20.1. The average Bonchev–Trinajstić information content (AvgIpc) is 3.35. The molecule has 0 atom stereocenters. The lowest BCUT2D eigenvalue weighted by Gasteiger charge is -2.09. The van der Waals surface area contributed by atoms with Crippen LogP contribution in [0.5, 0.6) is 11.6 Å². The SMILES string of the molecule is CCc1cccc(Oc2ccc(NC(=O)NCc3ccc(-n4cccn4)nc3)cn2)c1. The Bertz CT molecular complexity index is 1130. The van der Waals surface area contributed by atoms with E-state index in [-0.39, 0.29) is 6.03 Å². The molecule has 3 aromatic heterocycles. The summed E-state index contributed by atoms with van der Waals surface area (Å²) in [5.74, 6) is 1.91. The van der Waals surface area contributed by atoms with E-state index in [2.05, 4.69) is 38.7 Å². The summed E-state index contributed by atoms with van der Waals surface area (Å²) in [5, 5.41) is 9.68. The lowest BCUT2D eigenvalue weighted by molar-refractivity contribution is 0.251. The summed E-state index contributed by atoms with van der Waals surface area (Å²) in [6.07, 6.45) is 7.71. The monoisotopic (exact) mass is 414 g/mol. The van der Waals surface area contributed by atoms with Crippen LogP contribution >= 0.6 is 0 Å². The molecule has 0 bridgehead atoms. The van der Waals surface area contributed by atoms with E-state index >= 15 is 0 Å². The molecule has 3 heterocycles. The second-order valence-electron chi connectivity index (χ2n) is 6.77. The zero-order valence-electron chi connectivity index (χ0n) is 17.0. The molecule has 4 rings (SSSR count). The zero-order valence-corrected chi connectivity index (χ0v) is 17.0. The molecule has 0 spiro atoms.